The second-order valence-electron chi connectivity index (χ2n) is 7.00. The highest BCUT2D eigenvalue weighted by Crippen LogP contribution is 2.28. The molecular formula is C24H21Cl2N3O4. The van der Waals surface area contributed by atoms with Crippen LogP contribution in [0.5, 0.6) is 11.5 Å². The van der Waals surface area contributed by atoms with Gasteiger partial charge < -0.3 is 14.8 Å². The van der Waals surface area contributed by atoms with E-state index in [9.17, 15) is 9.59 Å². The minimum atomic E-state index is -0.952. The number of carbonyl (C=O) groups is 2. The first kappa shape index (κ1) is 24.1. The maximum absolute atomic E-state index is 12.0. The van der Waals surface area contributed by atoms with Crippen molar-refractivity contribution in [2.75, 3.05) is 12.4 Å². The van der Waals surface area contributed by atoms with Gasteiger partial charge in [-0.25, -0.2) is 5.43 Å². The molecular weight excluding hydrogens is 465 g/mol. The van der Waals surface area contributed by atoms with Crippen LogP contribution >= 0.6 is 23.2 Å². The van der Waals surface area contributed by atoms with Gasteiger partial charge in [0.1, 0.15) is 6.61 Å². The quantitative estimate of drug-likeness (QED) is 0.280. The van der Waals surface area contributed by atoms with E-state index in [4.69, 9.17) is 32.7 Å². The SMILES string of the molecule is COc1cc(C=NNC(=O)C(=O)Nc2cc(Cl)cc(Cl)c2)ccc1OCc1ccc(C)cc1. The van der Waals surface area contributed by atoms with E-state index >= 15 is 0 Å². The van der Waals surface area contributed by atoms with E-state index in [1.54, 1.807) is 18.2 Å². The molecule has 0 bridgehead atoms. The molecule has 0 atom stereocenters. The van der Waals surface area contributed by atoms with E-state index in [0.29, 0.717) is 39.4 Å². The van der Waals surface area contributed by atoms with E-state index in [1.807, 2.05) is 31.2 Å². The van der Waals surface area contributed by atoms with E-state index in [1.165, 1.54) is 37.1 Å². The van der Waals surface area contributed by atoms with Gasteiger partial charge in [-0.1, -0.05) is 53.0 Å². The van der Waals surface area contributed by atoms with Crippen molar-refractivity contribution in [1.82, 2.24) is 5.43 Å². The summed E-state index contributed by atoms with van der Waals surface area (Å²) in [6, 6.07) is 17.7. The lowest BCUT2D eigenvalue weighted by Crippen LogP contribution is -2.32. The number of anilines is 1. The topological polar surface area (TPSA) is 89.0 Å². The number of carbonyl (C=O) groups excluding carboxylic acids is 2. The molecule has 0 aliphatic carbocycles. The van der Waals surface area contributed by atoms with Crippen LogP contribution in [0.25, 0.3) is 0 Å². The van der Waals surface area contributed by atoms with Crippen LogP contribution in [0.15, 0.2) is 65.8 Å². The van der Waals surface area contributed by atoms with E-state index in [-0.39, 0.29) is 0 Å². The average Bonchev–Trinajstić information content (AvgIpc) is 2.78. The highest BCUT2D eigenvalue weighted by molar-refractivity contribution is 6.40. The fourth-order valence-corrected chi connectivity index (χ4v) is 3.29. The third-order valence-corrected chi connectivity index (χ3v) is 4.85. The van der Waals surface area contributed by atoms with Gasteiger partial charge in [-0.15, -0.1) is 0 Å². The number of aryl methyl sites for hydroxylation is 1. The Balaban J connectivity index is 1.57. The molecule has 3 aromatic rings. The summed E-state index contributed by atoms with van der Waals surface area (Å²) in [4.78, 5) is 24.0. The Morgan fingerprint density at radius 3 is 2.30 bits per heavy atom. The van der Waals surface area contributed by atoms with E-state index in [0.717, 1.165) is 5.56 Å². The molecule has 0 saturated heterocycles. The predicted molar refractivity (Wildman–Crippen MR) is 129 cm³/mol. The van der Waals surface area contributed by atoms with Crippen molar-refractivity contribution in [1.29, 1.82) is 0 Å². The summed E-state index contributed by atoms with van der Waals surface area (Å²) in [5, 5.41) is 6.87. The highest BCUT2D eigenvalue weighted by atomic mass is 35.5. The van der Waals surface area contributed by atoms with Crippen molar-refractivity contribution < 1.29 is 19.1 Å². The zero-order chi connectivity index (χ0) is 23.8. The highest BCUT2D eigenvalue weighted by Gasteiger charge is 2.13. The van der Waals surface area contributed by atoms with Gasteiger partial charge in [0.05, 0.1) is 13.3 Å². The molecule has 0 spiro atoms. The second kappa shape index (κ2) is 11.4. The lowest BCUT2D eigenvalue weighted by molar-refractivity contribution is -0.136. The second-order valence-corrected chi connectivity index (χ2v) is 7.87. The summed E-state index contributed by atoms with van der Waals surface area (Å²) in [6.07, 6.45) is 1.38. The Bertz CT molecular complexity index is 1160. The van der Waals surface area contributed by atoms with Crippen LogP contribution in [0.4, 0.5) is 5.69 Å². The first-order valence-electron chi connectivity index (χ1n) is 9.81. The number of benzene rings is 3. The Labute approximate surface area is 201 Å². The van der Waals surface area contributed by atoms with Crippen LogP contribution in [-0.4, -0.2) is 25.1 Å². The van der Waals surface area contributed by atoms with Gasteiger partial charge in [0.25, 0.3) is 0 Å². The molecule has 170 valence electrons. The van der Waals surface area contributed by atoms with Gasteiger partial charge in [0, 0.05) is 15.7 Å². The third-order valence-electron chi connectivity index (χ3n) is 4.41. The zero-order valence-corrected chi connectivity index (χ0v) is 19.4. The number of methoxy groups -OCH3 is 1. The summed E-state index contributed by atoms with van der Waals surface area (Å²) in [7, 11) is 1.53. The molecule has 0 aromatic heterocycles. The van der Waals surface area contributed by atoms with Gasteiger partial charge >= 0.3 is 11.8 Å². The zero-order valence-electron chi connectivity index (χ0n) is 17.9. The molecule has 0 fully saturated rings. The van der Waals surface area contributed by atoms with Crippen LogP contribution in [-0.2, 0) is 16.2 Å². The van der Waals surface area contributed by atoms with Crippen LogP contribution in [0.2, 0.25) is 10.0 Å². The molecule has 3 aromatic carbocycles. The molecule has 33 heavy (non-hydrogen) atoms. The summed E-state index contributed by atoms with van der Waals surface area (Å²) in [5.74, 6) is -0.790. The smallest absolute Gasteiger partial charge is 0.329 e. The number of ether oxygens (including phenoxy) is 2. The number of rotatable bonds is 7. The first-order valence-corrected chi connectivity index (χ1v) is 10.6. The van der Waals surface area contributed by atoms with E-state index in [2.05, 4.69) is 15.8 Å². The number of hydrazone groups is 1. The van der Waals surface area contributed by atoms with Crippen molar-refractivity contribution in [3.8, 4) is 11.5 Å². The molecule has 0 heterocycles. The van der Waals surface area contributed by atoms with Gasteiger partial charge in [-0.05, 0) is 54.4 Å². The molecule has 0 radical (unpaired) electrons. The van der Waals surface area contributed by atoms with Crippen molar-refractivity contribution in [3.63, 3.8) is 0 Å². The van der Waals surface area contributed by atoms with Gasteiger partial charge in [0.2, 0.25) is 0 Å². The number of hydrogen-bond donors (Lipinski definition) is 2. The number of hydrogen-bond acceptors (Lipinski definition) is 5. The van der Waals surface area contributed by atoms with Gasteiger partial charge in [-0.2, -0.15) is 5.10 Å². The van der Waals surface area contributed by atoms with Crippen LogP contribution in [0.1, 0.15) is 16.7 Å². The molecule has 9 heteroatoms. The third kappa shape index (κ3) is 7.24. The van der Waals surface area contributed by atoms with Crippen molar-refractivity contribution >= 4 is 46.9 Å². The average molecular weight is 486 g/mol. The lowest BCUT2D eigenvalue weighted by Gasteiger charge is -2.11. The molecule has 2 amide bonds. The molecule has 0 saturated carbocycles. The Morgan fingerprint density at radius 1 is 0.939 bits per heavy atom. The monoisotopic (exact) mass is 485 g/mol. The van der Waals surface area contributed by atoms with Gasteiger partial charge in [-0.3, -0.25) is 9.59 Å². The predicted octanol–water partition coefficient (Wildman–Crippen LogP) is 4.98. The number of nitrogens with one attached hydrogen (secondary N) is 2. The summed E-state index contributed by atoms with van der Waals surface area (Å²) < 4.78 is 11.2. The van der Waals surface area contributed by atoms with Gasteiger partial charge in [0.15, 0.2) is 11.5 Å². The van der Waals surface area contributed by atoms with E-state index < -0.39 is 11.8 Å². The summed E-state index contributed by atoms with van der Waals surface area (Å²) >= 11 is 11.8. The number of amides is 2. The largest absolute Gasteiger partial charge is 0.493 e. The summed E-state index contributed by atoms with van der Waals surface area (Å²) in [5.41, 5.74) is 5.31. The maximum Gasteiger partial charge on any atom is 0.329 e. The first-order chi connectivity index (χ1) is 15.8. The van der Waals surface area contributed by atoms with Crippen LogP contribution in [0.3, 0.4) is 0 Å². The molecule has 7 nitrogen and oxygen atoms in total. The molecule has 3 rings (SSSR count). The number of halogens is 2. The normalized spacial score (nSPS) is 10.7. The number of nitrogens with zero attached hydrogens (tertiary/aromatic N) is 1. The molecule has 0 aliphatic rings. The Kier molecular flexibility index (Phi) is 8.29. The molecule has 0 aliphatic heterocycles. The Hall–Kier alpha value is -3.55. The van der Waals surface area contributed by atoms with Crippen molar-refractivity contribution in [3.05, 3.63) is 87.4 Å². The minimum absolute atomic E-state index is 0.294. The van der Waals surface area contributed by atoms with Crippen molar-refractivity contribution in [2.24, 2.45) is 5.10 Å². The molecule has 0 unspecified atom stereocenters. The fourth-order valence-electron chi connectivity index (χ4n) is 2.76. The minimum Gasteiger partial charge on any atom is -0.493 e. The lowest BCUT2D eigenvalue weighted by atomic mass is 10.2. The van der Waals surface area contributed by atoms with Crippen molar-refractivity contribution in [2.45, 2.75) is 13.5 Å². The van der Waals surface area contributed by atoms with Crippen LogP contribution < -0.4 is 20.2 Å². The summed E-state index contributed by atoms with van der Waals surface area (Å²) in [6.45, 7) is 2.42. The maximum atomic E-state index is 12.0. The van der Waals surface area contributed by atoms with Crippen LogP contribution in [0, 0.1) is 6.92 Å². The Morgan fingerprint density at radius 2 is 1.64 bits per heavy atom. The molecule has 2 N–H and O–H groups in total. The standard InChI is InChI=1S/C24H21Cl2N3O4/c1-15-3-5-16(6-4-15)14-33-21-8-7-17(9-22(21)32-2)13-27-29-24(31)23(30)28-20-11-18(25)10-19(26)12-20/h3-13H,14H2,1-2H3,(H,28,30)(H,29,31). The fraction of sp³-hybridized carbons (Fsp3) is 0.125.